The molecule has 0 aliphatic carbocycles. The Balaban J connectivity index is 1.36. The second kappa shape index (κ2) is 8.22. The third kappa shape index (κ3) is 4.40. The number of rotatable bonds is 3. The topological polar surface area (TPSA) is 63.7 Å². The Kier molecular flexibility index (Phi) is 5.64. The summed E-state index contributed by atoms with van der Waals surface area (Å²) >= 11 is 6.03. The third-order valence-corrected chi connectivity index (χ3v) is 5.40. The Morgan fingerprint density at radius 2 is 1.83 bits per heavy atom. The summed E-state index contributed by atoms with van der Waals surface area (Å²) < 4.78 is 49.3. The van der Waals surface area contributed by atoms with E-state index in [4.69, 9.17) is 21.1 Å². The number of piperidine rings is 1. The zero-order chi connectivity index (χ0) is 21.3. The van der Waals surface area contributed by atoms with E-state index in [1.165, 1.54) is 0 Å². The van der Waals surface area contributed by atoms with Gasteiger partial charge in [-0.3, -0.25) is 4.79 Å². The number of amides is 1. The summed E-state index contributed by atoms with van der Waals surface area (Å²) in [6.07, 6.45) is -2.64. The number of hydrogen-bond acceptors (Lipinski definition) is 5. The maximum atomic E-state index is 12.8. The lowest BCUT2D eigenvalue weighted by atomic mass is 9.95. The van der Waals surface area contributed by atoms with Gasteiger partial charge in [0.15, 0.2) is 11.5 Å². The Morgan fingerprint density at radius 1 is 1.13 bits per heavy atom. The zero-order valence-electron chi connectivity index (χ0n) is 15.8. The number of nitrogens with zero attached hydrogens (tertiary/aromatic N) is 2. The molecule has 1 amide bonds. The fraction of sp³-hybridized carbons (Fsp3) is 0.400. The Morgan fingerprint density at radius 3 is 2.50 bits per heavy atom. The van der Waals surface area contributed by atoms with E-state index < -0.39 is 11.7 Å². The summed E-state index contributed by atoms with van der Waals surface area (Å²) in [5.41, 5.74) is -0.260. The number of fused-ring (bicyclic) bond motifs is 1. The first-order chi connectivity index (χ1) is 14.3. The average Bonchev–Trinajstić information content (AvgIpc) is 2.73. The van der Waals surface area contributed by atoms with Gasteiger partial charge in [-0.1, -0.05) is 11.6 Å². The Hall–Kier alpha value is -2.68. The largest absolute Gasteiger partial charge is 0.486 e. The molecule has 1 aromatic heterocycles. The van der Waals surface area contributed by atoms with Crippen LogP contribution in [0.3, 0.4) is 0 Å². The molecule has 0 unspecified atom stereocenters. The number of anilines is 2. The van der Waals surface area contributed by atoms with E-state index in [2.05, 4.69) is 10.3 Å². The molecule has 0 radical (unpaired) electrons. The van der Waals surface area contributed by atoms with Gasteiger partial charge in [0.1, 0.15) is 19.0 Å². The lowest BCUT2D eigenvalue weighted by Crippen LogP contribution is -2.38. The van der Waals surface area contributed by atoms with E-state index in [0.29, 0.717) is 62.1 Å². The van der Waals surface area contributed by atoms with Crippen molar-refractivity contribution in [2.75, 3.05) is 36.5 Å². The van der Waals surface area contributed by atoms with Crippen molar-refractivity contribution < 1.29 is 27.4 Å². The van der Waals surface area contributed by atoms with Gasteiger partial charge in [0.25, 0.3) is 0 Å². The first kappa shape index (κ1) is 20.6. The highest BCUT2D eigenvalue weighted by Gasteiger charge is 2.33. The van der Waals surface area contributed by atoms with Crippen LogP contribution in [0.15, 0.2) is 30.5 Å². The highest BCUT2D eigenvalue weighted by atomic mass is 35.5. The number of pyridine rings is 1. The molecule has 2 aromatic rings. The number of ether oxygens (including phenoxy) is 2. The van der Waals surface area contributed by atoms with Crippen molar-refractivity contribution in [2.24, 2.45) is 5.92 Å². The molecule has 0 saturated carbocycles. The maximum absolute atomic E-state index is 12.8. The number of halogens is 4. The molecule has 2 aliphatic rings. The molecule has 0 atom stereocenters. The minimum absolute atomic E-state index is 0.0518. The molecule has 1 N–H and O–H groups in total. The van der Waals surface area contributed by atoms with Crippen molar-refractivity contribution in [2.45, 2.75) is 19.0 Å². The molecular formula is C20H19ClF3N3O3. The van der Waals surface area contributed by atoms with Crippen molar-refractivity contribution in [1.29, 1.82) is 0 Å². The fourth-order valence-corrected chi connectivity index (χ4v) is 3.82. The van der Waals surface area contributed by atoms with Gasteiger partial charge in [0.2, 0.25) is 5.91 Å². The molecule has 3 heterocycles. The molecule has 1 aromatic carbocycles. The summed E-state index contributed by atoms with van der Waals surface area (Å²) in [4.78, 5) is 18.3. The molecule has 30 heavy (non-hydrogen) atoms. The van der Waals surface area contributed by atoms with E-state index in [1.54, 1.807) is 23.1 Å². The van der Waals surface area contributed by atoms with E-state index in [0.717, 1.165) is 12.3 Å². The number of carbonyl (C=O) groups excluding carboxylic acids is 1. The first-order valence-electron chi connectivity index (χ1n) is 9.49. The van der Waals surface area contributed by atoms with Crippen LogP contribution < -0.4 is 19.7 Å². The standard InChI is InChI=1S/C20H19ClF3N3O3/c21-15-9-13(20(22,23)24)11-25-18(15)27-5-3-12(4-6-27)19(28)26-14-1-2-16-17(10-14)30-8-7-29-16/h1-2,9-12H,3-8H2,(H,26,28). The number of alkyl halides is 3. The quantitative estimate of drug-likeness (QED) is 0.765. The normalized spacial score (nSPS) is 17.0. The second-order valence-corrected chi connectivity index (χ2v) is 7.54. The van der Waals surface area contributed by atoms with E-state index in [-0.39, 0.29) is 16.8 Å². The predicted molar refractivity (Wildman–Crippen MR) is 105 cm³/mol. The third-order valence-electron chi connectivity index (χ3n) is 5.12. The van der Waals surface area contributed by atoms with Crippen LogP contribution in [0.1, 0.15) is 18.4 Å². The van der Waals surface area contributed by atoms with Crippen LogP contribution in [0.4, 0.5) is 24.7 Å². The van der Waals surface area contributed by atoms with E-state index in [1.807, 2.05) is 0 Å². The lowest BCUT2D eigenvalue weighted by Gasteiger charge is -2.32. The fourth-order valence-electron chi connectivity index (χ4n) is 3.54. The van der Waals surface area contributed by atoms with Gasteiger partial charge in [-0.05, 0) is 31.0 Å². The van der Waals surface area contributed by atoms with E-state index >= 15 is 0 Å². The summed E-state index contributed by atoms with van der Waals surface area (Å²) in [6.45, 7) is 1.90. The second-order valence-electron chi connectivity index (χ2n) is 7.14. The van der Waals surface area contributed by atoms with Crippen LogP contribution >= 0.6 is 11.6 Å². The molecule has 160 valence electrons. The molecule has 0 bridgehead atoms. The van der Waals surface area contributed by atoms with Crippen LogP contribution in [0.2, 0.25) is 5.02 Å². The molecule has 2 aliphatic heterocycles. The number of nitrogens with one attached hydrogen (secondary N) is 1. The van der Waals surface area contributed by atoms with Gasteiger partial charge in [0, 0.05) is 37.0 Å². The Labute approximate surface area is 175 Å². The highest BCUT2D eigenvalue weighted by molar-refractivity contribution is 6.33. The van der Waals surface area contributed by atoms with Crippen LogP contribution in [0.25, 0.3) is 0 Å². The summed E-state index contributed by atoms with van der Waals surface area (Å²) in [6, 6.07) is 6.12. The van der Waals surface area contributed by atoms with Crippen molar-refractivity contribution in [3.63, 3.8) is 0 Å². The lowest BCUT2D eigenvalue weighted by molar-refractivity contribution is -0.137. The number of aromatic nitrogens is 1. The van der Waals surface area contributed by atoms with Crippen LogP contribution in [-0.4, -0.2) is 37.2 Å². The van der Waals surface area contributed by atoms with Crippen LogP contribution in [-0.2, 0) is 11.0 Å². The van der Waals surface area contributed by atoms with Gasteiger partial charge in [-0.15, -0.1) is 0 Å². The van der Waals surface area contributed by atoms with Crippen LogP contribution in [0.5, 0.6) is 11.5 Å². The molecule has 1 saturated heterocycles. The SMILES string of the molecule is O=C(Nc1ccc2c(c1)OCCO2)C1CCN(c2ncc(C(F)(F)F)cc2Cl)CC1. The average molecular weight is 442 g/mol. The summed E-state index contributed by atoms with van der Waals surface area (Å²) in [5.74, 6) is 1.21. The van der Waals surface area contributed by atoms with Gasteiger partial charge in [-0.2, -0.15) is 13.2 Å². The van der Waals surface area contributed by atoms with Crippen molar-refractivity contribution in [3.8, 4) is 11.5 Å². The molecule has 0 spiro atoms. The minimum atomic E-state index is -4.49. The van der Waals surface area contributed by atoms with Gasteiger partial charge in [0.05, 0.1) is 10.6 Å². The van der Waals surface area contributed by atoms with Crippen molar-refractivity contribution >= 4 is 29.0 Å². The summed E-state index contributed by atoms with van der Waals surface area (Å²) in [7, 11) is 0. The molecule has 6 nitrogen and oxygen atoms in total. The molecule has 1 fully saturated rings. The van der Waals surface area contributed by atoms with Gasteiger partial charge in [-0.25, -0.2) is 4.98 Å². The number of hydrogen-bond donors (Lipinski definition) is 1. The maximum Gasteiger partial charge on any atom is 0.417 e. The molecule has 4 rings (SSSR count). The van der Waals surface area contributed by atoms with Gasteiger partial charge < -0.3 is 19.7 Å². The van der Waals surface area contributed by atoms with Crippen molar-refractivity contribution in [3.05, 3.63) is 41.0 Å². The Bertz CT molecular complexity index is 947. The minimum Gasteiger partial charge on any atom is -0.486 e. The first-order valence-corrected chi connectivity index (χ1v) is 9.87. The van der Waals surface area contributed by atoms with E-state index in [9.17, 15) is 18.0 Å². The predicted octanol–water partition coefficient (Wildman–Crippen LogP) is 4.38. The zero-order valence-corrected chi connectivity index (χ0v) is 16.6. The molecule has 10 heteroatoms. The molecular weight excluding hydrogens is 423 g/mol. The highest BCUT2D eigenvalue weighted by Crippen LogP contribution is 2.35. The van der Waals surface area contributed by atoms with Crippen LogP contribution in [0, 0.1) is 5.92 Å². The summed E-state index contributed by atoms with van der Waals surface area (Å²) in [5, 5.41) is 2.84. The van der Waals surface area contributed by atoms with Gasteiger partial charge >= 0.3 is 6.18 Å². The smallest absolute Gasteiger partial charge is 0.417 e. The number of benzene rings is 1. The van der Waals surface area contributed by atoms with Crippen molar-refractivity contribution in [1.82, 2.24) is 4.98 Å². The monoisotopic (exact) mass is 441 g/mol. The number of carbonyl (C=O) groups is 1.